The minimum Gasteiger partial charge on any atom is -0.459 e. The van der Waals surface area contributed by atoms with Gasteiger partial charge in [0, 0.05) is 30.0 Å². The Hall–Kier alpha value is -3.07. The maximum absolute atomic E-state index is 13.6. The molecule has 10 heteroatoms. The first-order chi connectivity index (χ1) is 17.3. The van der Waals surface area contributed by atoms with E-state index in [-0.39, 0.29) is 24.9 Å². The molecule has 6 nitrogen and oxygen atoms in total. The lowest BCUT2D eigenvalue weighted by atomic mass is 9.98. The van der Waals surface area contributed by atoms with Crippen LogP contribution >= 0.6 is 11.6 Å². The number of aromatic nitrogens is 2. The highest BCUT2D eigenvalue weighted by molar-refractivity contribution is 6.36. The summed E-state index contributed by atoms with van der Waals surface area (Å²) in [5, 5.41) is 5.46. The molecule has 198 valence electrons. The number of rotatable bonds is 7. The predicted octanol–water partition coefficient (Wildman–Crippen LogP) is 6.48. The van der Waals surface area contributed by atoms with Crippen molar-refractivity contribution in [2.24, 2.45) is 5.92 Å². The maximum atomic E-state index is 13.6. The second kappa shape index (κ2) is 10.0. The number of halogens is 4. The third-order valence-corrected chi connectivity index (χ3v) is 6.41. The van der Waals surface area contributed by atoms with Crippen LogP contribution in [-0.2, 0) is 33.6 Å². The fourth-order valence-corrected chi connectivity index (χ4v) is 4.52. The molecule has 1 heterocycles. The number of esters is 1. The van der Waals surface area contributed by atoms with Gasteiger partial charge in [0.15, 0.2) is 0 Å². The van der Waals surface area contributed by atoms with E-state index in [1.807, 2.05) is 0 Å². The molecular weight excluding hydrogens is 507 g/mol. The van der Waals surface area contributed by atoms with Crippen LogP contribution < -0.4 is 0 Å². The van der Waals surface area contributed by atoms with Gasteiger partial charge in [0.1, 0.15) is 17.8 Å². The molecule has 0 bridgehead atoms. The van der Waals surface area contributed by atoms with Gasteiger partial charge in [-0.1, -0.05) is 23.7 Å². The minimum absolute atomic E-state index is 0.00401. The summed E-state index contributed by atoms with van der Waals surface area (Å²) in [4.78, 5) is 26.9. The molecule has 0 radical (unpaired) electrons. The molecule has 1 aliphatic carbocycles. The van der Waals surface area contributed by atoms with Crippen molar-refractivity contribution in [3.05, 3.63) is 52.5 Å². The number of benzene rings is 2. The summed E-state index contributed by atoms with van der Waals surface area (Å²) in [5.41, 5.74) is 0.0809. The number of fused-ring (bicyclic) bond motifs is 1. The van der Waals surface area contributed by atoms with Crippen molar-refractivity contribution in [3.8, 4) is 11.3 Å². The smallest absolute Gasteiger partial charge is 0.416 e. The van der Waals surface area contributed by atoms with Crippen LogP contribution in [0, 0.1) is 5.92 Å². The van der Waals surface area contributed by atoms with Gasteiger partial charge in [-0.05, 0) is 70.4 Å². The zero-order chi connectivity index (χ0) is 27.1. The molecule has 1 fully saturated rings. The quantitative estimate of drug-likeness (QED) is 0.325. The molecule has 1 aromatic heterocycles. The van der Waals surface area contributed by atoms with E-state index < -0.39 is 23.3 Å². The fourth-order valence-electron chi connectivity index (χ4n) is 4.26. The predicted molar refractivity (Wildman–Crippen MR) is 135 cm³/mol. The van der Waals surface area contributed by atoms with Gasteiger partial charge < -0.3 is 9.64 Å². The standard InChI is InChI=1S/C27H29ClF3N3O3/c1-5-33(25(36)16-9-10-16)14-17-13-18(27(29,30)31)11-12-19(17)24-23-20(28)7-6-8-21(23)34(32-24)15-22(35)37-26(2,3)4/h6-8,11-13,16H,5,9-10,14-15H2,1-4H3. The van der Waals surface area contributed by atoms with Crippen LogP contribution in [0.15, 0.2) is 36.4 Å². The number of hydrogen-bond donors (Lipinski definition) is 0. The fraction of sp³-hybridized carbons (Fsp3) is 0.444. The molecular formula is C27H29ClF3N3O3. The number of carbonyl (C=O) groups excluding carboxylic acids is 2. The molecule has 1 amide bonds. The minimum atomic E-state index is -4.55. The summed E-state index contributed by atoms with van der Waals surface area (Å²) < 4.78 is 47.8. The van der Waals surface area contributed by atoms with Crippen molar-refractivity contribution in [1.82, 2.24) is 14.7 Å². The van der Waals surface area contributed by atoms with E-state index in [2.05, 4.69) is 5.10 Å². The Balaban J connectivity index is 1.84. The van der Waals surface area contributed by atoms with E-state index in [1.165, 1.54) is 10.7 Å². The Morgan fingerprint density at radius 2 is 1.86 bits per heavy atom. The van der Waals surface area contributed by atoms with Gasteiger partial charge in [0.25, 0.3) is 0 Å². The second-order valence-electron chi connectivity index (χ2n) is 10.2. The highest BCUT2D eigenvalue weighted by atomic mass is 35.5. The largest absolute Gasteiger partial charge is 0.459 e. The number of nitrogens with zero attached hydrogens (tertiary/aromatic N) is 3. The number of ether oxygens (including phenoxy) is 1. The van der Waals surface area contributed by atoms with E-state index in [9.17, 15) is 22.8 Å². The highest BCUT2D eigenvalue weighted by Crippen LogP contribution is 2.39. The third kappa shape index (κ3) is 6.09. The summed E-state index contributed by atoms with van der Waals surface area (Å²) in [6, 6.07) is 8.52. The second-order valence-corrected chi connectivity index (χ2v) is 10.6. The Morgan fingerprint density at radius 3 is 2.46 bits per heavy atom. The molecule has 1 saturated carbocycles. The van der Waals surface area contributed by atoms with Crippen LogP contribution in [0.1, 0.15) is 51.7 Å². The average molecular weight is 536 g/mol. The lowest BCUT2D eigenvalue weighted by Gasteiger charge is -2.23. The number of hydrogen-bond acceptors (Lipinski definition) is 4. The van der Waals surface area contributed by atoms with Crippen LogP contribution in [0.2, 0.25) is 5.02 Å². The van der Waals surface area contributed by atoms with Crippen molar-refractivity contribution < 1.29 is 27.5 Å². The summed E-state index contributed by atoms with van der Waals surface area (Å²) in [7, 11) is 0. The van der Waals surface area contributed by atoms with Crippen molar-refractivity contribution >= 4 is 34.4 Å². The van der Waals surface area contributed by atoms with Crippen molar-refractivity contribution in [2.45, 2.75) is 65.4 Å². The molecule has 0 aliphatic heterocycles. The van der Waals surface area contributed by atoms with E-state index in [4.69, 9.17) is 16.3 Å². The Bertz CT molecular complexity index is 1340. The Morgan fingerprint density at radius 1 is 1.16 bits per heavy atom. The molecule has 4 rings (SSSR count). The van der Waals surface area contributed by atoms with Gasteiger partial charge in [-0.25, -0.2) is 0 Å². The molecule has 2 aromatic carbocycles. The van der Waals surface area contributed by atoms with Gasteiger partial charge >= 0.3 is 12.1 Å². The van der Waals surface area contributed by atoms with Gasteiger partial charge in [-0.15, -0.1) is 0 Å². The van der Waals surface area contributed by atoms with Crippen LogP contribution in [0.25, 0.3) is 22.2 Å². The molecule has 1 aliphatic rings. The van der Waals surface area contributed by atoms with Gasteiger partial charge in [0.05, 0.1) is 16.1 Å². The third-order valence-electron chi connectivity index (χ3n) is 6.09. The Kier molecular flexibility index (Phi) is 7.29. The van der Waals surface area contributed by atoms with E-state index in [1.54, 1.807) is 50.8 Å². The molecule has 0 atom stereocenters. The molecule has 37 heavy (non-hydrogen) atoms. The average Bonchev–Trinajstić information content (AvgIpc) is 3.58. The lowest BCUT2D eigenvalue weighted by Crippen LogP contribution is -2.31. The van der Waals surface area contributed by atoms with Crippen LogP contribution in [0.4, 0.5) is 13.2 Å². The van der Waals surface area contributed by atoms with E-state index in [0.29, 0.717) is 39.3 Å². The molecule has 0 saturated heterocycles. The maximum Gasteiger partial charge on any atom is 0.416 e. The van der Waals surface area contributed by atoms with Gasteiger partial charge in [-0.2, -0.15) is 18.3 Å². The molecule has 0 N–H and O–H groups in total. The number of amides is 1. The number of alkyl halides is 3. The summed E-state index contributed by atoms with van der Waals surface area (Å²) in [6.45, 7) is 7.22. The van der Waals surface area contributed by atoms with Gasteiger partial charge in [-0.3, -0.25) is 14.3 Å². The van der Waals surface area contributed by atoms with Crippen molar-refractivity contribution in [1.29, 1.82) is 0 Å². The molecule has 3 aromatic rings. The molecule has 0 unspecified atom stereocenters. The normalized spacial score (nSPS) is 14.2. The molecule has 0 spiro atoms. The number of carbonyl (C=O) groups is 2. The summed E-state index contributed by atoms with van der Waals surface area (Å²) in [5.74, 6) is -0.648. The SMILES string of the molecule is CCN(Cc1cc(C(F)(F)F)ccc1-c1nn(CC(=O)OC(C)(C)C)c2cccc(Cl)c12)C(=O)C1CC1. The van der Waals surface area contributed by atoms with Crippen molar-refractivity contribution in [3.63, 3.8) is 0 Å². The highest BCUT2D eigenvalue weighted by Gasteiger charge is 2.35. The lowest BCUT2D eigenvalue weighted by molar-refractivity contribution is -0.155. The first kappa shape index (κ1) is 27.0. The Labute approximate surface area is 218 Å². The summed E-state index contributed by atoms with van der Waals surface area (Å²) in [6.07, 6.45) is -2.97. The van der Waals surface area contributed by atoms with Crippen LogP contribution in [0.5, 0.6) is 0 Å². The zero-order valence-electron chi connectivity index (χ0n) is 21.2. The van der Waals surface area contributed by atoms with Crippen LogP contribution in [-0.4, -0.2) is 38.7 Å². The first-order valence-corrected chi connectivity index (χ1v) is 12.5. The first-order valence-electron chi connectivity index (χ1n) is 12.1. The monoisotopic (exact) mass is 535 g/mol. The topological polar surface area (TPSA) is 64.4 Å². The van der Waals surface area contributed by atoms with Crippen molar-refractivity contribution in [2.75, 3.05) is 6.54 Å². The van der Waals surface area contributed by atoms with Gasteiger partial charge in [0.2, 0.25) is 5.91 Å². The van der Waals surface area contributed by atoms with E-state index in [0.717, 1.165) is 25.0 Å². The van der Waals surface area contributed by atoms with Crippen LogP contribution in [0.3, 0.4) is 0 Å². The summed E-state index contributed by atoms with van der Waals surface area (Å²) >= 11 is 6.54. The van der Waals surface area contributed by atoms with E-state index >= 15 is 0 Å². The zero-order valence-corrected chi connectivity index (χ0v) is 21.9.